The van der Waals surface area contributed by atoms with Gasteiger partial charge in [-0.15, -0.1) is 0 Å². The number of aromatic nitrogens is 2. The van der Waals surface area contributed by atoms with Crippen LogP contribution < -0.4 is 4.57 Å². The lowest BCUT2D eigenvalue weighted by Crippen LogP contribution is -2.38. The van der Waals surface area contributed by atoms with Gasteiger partial charge in [0.05, 0.1) is 13.2 Å². The first-order valence-corrected chi connectivity index (χ1v) is 5.48. The van der Waals surface area contributed by atoms with Crippen molar-refractivity contribution in [2.45, 2.75) is 46.9 Å². The van der Waals surface area contributed by atoms with Gasteiger partial charge in [0.2, 0.25) is 0 Å². The minimum absolute atomic E-state index is 0.685. The molecule has 0 aliphatic carbocycles. The molecule has 0 spiro atoms. The van der Waals surface area contributed by atoms with Gasteiger partial charge in [-0.3, -0.25) is 0 Å². The topological polar surface area (TPSA) is 18.0 Å². The highest BCUT2D eigenvalue weighted by Crippen LogP contribution is 1.96. The maximum absolute atomic E-state index is 5.52. The molecule has 0 bridgehead atoms. The van der Waals surface area contributed by atoms with E-state index in [1.807, 2.05) is 0 Å². The summed E-state index contributed by atoms with van der Waals surface area (Å²) in [4.78, 5) is 0. The molecule has 0 fully saturated rings. The number of aryl methyl sites for hydroxylation is 1. The van der Waals surface area contributed by atoms with Crippen molar-refractivity contribution in [2.75, 3.05) is 6.61 Å². The molecule has 1 aromatic rings. The lowest BCUT2D eigenvalue weighted by molar-refractivity contribution is -0.738. The molecule has 0 amide bonds. The summed E-state index contributed by atoms with van der Waals surface area (Å²) < 4.78 is 9.96. The van der Waals surface area contributed by atoms with E-state index < -0.39 is 0 Å². The van der Waals surface area contributed by atoms with Crippen LogP contribution in [0.15, 0.2) is 12.4 Å². The molecule has 0 atom stereocenters. The van der Waals surface area contributed by atoms with Crippen molar-refractivity contribution in [3.05, 3.63) is 18.2 Å². The molecule has 14 heavy (non-hydrogen) atoms. The molecule has 80 valence electrons. The van der Waals surface area contributed by atoms with Crippen LogP contribution >= 0.6 is 0 Å². The normalized spacial score (nSPS) is 10.8. The molecule has 3 nitrogen and oxygen atoms in total. The van der Waals surface area contributed by atoms with E-state index in [1.54, 1.807) is 0 Å². The fourth-order valence-electron chi connectivity index (χ4n) is 1.62. The minimum atomic E-state index is 0.685. The second kappa shape index (κ2) is 5.81. The Labute approximate surface area is 86.3 Å². The van der Waals surface area contributed by atoms with Gasteiger partial charge in [-0.2, -0.15) is 0 Å². The number of hydrogen-bond acceptors (Lipinski definition) is 1. The fourth-order valence-corrected chi connectivity index (χ4v) is 1.62. The first kappa shape index (κ1) is 11.2. The van der Waals surface area contributed by atoms with Crippen LogP contribution in [0.1, 0.15) is 33.0 Å². The molecule has 1 aromatic heterocycles. The van der Waals surface area contributed by atoms with E-state index in [9.17, 15) is 0 Å². The van der Waals surface area contributed by atoms with Crippen LogP contribution in [-0.4, -0.2) is 11.2 Å². The molecule has 1 rings (SSSR count). The molecule has 1 heterocycles. The summed E-state index contributed by atoms with van der Waals surface area (Å²) >= 11 is 0. The molecule has 0 unspecified atom stereocenters. The number of hydrogen-bond donors (Lipinski definition) is 0. The first-order chi connectivity index (χ1) is 6.83. The Kier molecular flexibility index (Phi) is 4.66. The summed E-state index contributed by atoms with van der Waals surface area (Å²) in [5.74, 6) is 1.34. The largest absolute Gasteiger partial charge is 0.342 e. The third-order valence-corrected chi connectivity index (χ3v) is 2.33. The Bertz CT molecular complexity index is 268. The molecular formula is C11H21N2O+. The summed E-state index contributed by atoms with van der Waals surface area (Å²) in [6.45, 7) is 9.03. The molecule has 0 saturated carbocycles. The fraction of sp³-hybridized carbons (Fsp3) is 0.727. The maximum Gasteiger partial charge on any atom is 0.258 e. The van der Waals surface area contributed by atoms with Crippen LogP contribution in [0.5, 0.6) is 0 Å². The van der Waals surface area contributed by atoms with Gasteiger partial charge in [-0.1, -0.05) is 13.8 Å². The summed E-state index contributed by atoms with van der Waals surface area (Å²) in [6.07, 6.45) is 6.35. The Morgan fingerprint density at radius 3 is 2.71 bits per heavy atom. The number of rotatable bonds is 6. The van der Waals surface area contributed by atoms with Crippen LogP contribution in [0.25, 0.3) is 0 Å². The molecule has 0 aliphatic rings. The van der Waals surface area contributed by atoms with Crippen LogP contribution in [0.4, 0.5) is 0 Å². The molecule has 0 aliphatic heterocycles. The van der Waals surface area contributed by atoms with Crippen molar-refractivity contribution in [1.82, 2.24) is 4.57 Å². The predicted octanol–water partition coefficient (Wildman–Crippen LogP) is 1.74. The van der Waals surface area contributed by atoms with Crippen LogP contribution in [-0.2, 0) is 24.4 Å². The van der Waals surface area contributed by atoms with Gasteiger partial charge in [-0.05, 0) is 13.3 Å². The number of nitrogens with zero attached hydrogens (tertiary/aromatic N) is 2. The Balaban J connectivity index is 2.61. The van der Waals surface area contributed by atoms with Gasteiger partial charge in [0.15, 0.2) is 6.73 Å². The van der Waals surface area contributed by atoms with Crippen LogP contribution in [0.2, 0.25) is 0 Å². The van der Waals surface area contributed by atoms with Gasteiger partial charge < -0.3 is 4.74 Å². The monoisotopic (exact) mass is 197 g/mol. The minimum Gasteiger partial charge on any atom is -0.342 e. The third-order valence-electron chi connectivity index (χ3n) is 2.33. The van der Waals surface area contributed by atoms with Gasteiger partial charge in [0.25, 0.3) is 5.82 Å². The summed E-state index contributed by atoms with van der Waals surface area (Å²) in [6, 6.07) is 0. The molecule has 0 saturated heterocycles. The quantitative estimate of drug-likeness (QED) is 0.502. The SMILES string of the molecule is CCCOC[n+]1ccn(CC)c1CC. The first-order valence-electron chi connectivity index (χ1n) is 5.48. The number of ether oxygens (including phenoxy) is 1. The lowest BCUT2D eigenvalue weighted by Gasteiger charge is -2.02. The van der Waals surface area contributed by atoms with Crippen molar-refractivity contribution < 1.29 is 9.30 Å². The van der Waals surface area contributed by atoms with E-state index in [4.69, 9.17) is 4.74 Å². The van der Waals surface area contributed by atoms with Crippen LogP contribution in [0, 0.1) is 0 Å². The second-order valence-corrected chi connectivity index (χ2v) is 3.36. The van der Waals surface area contributed by atoms with Crippen molar-refractivity contribution in [3.63, 3.8) is 0 Å². The highest BCUT2D eigenvalue weighted by atomic mass is 16.5. The van der Waals surface area contributed by atoms with Crippen molar-refractivity contribution in [3.8, 4) is 0 Å². The van der Waals surface area contributed by atoms with Gasteiger partial charge in [0, 0.05) is 6.42 Å². The zero-order valence-corrected chi connectivity index (χ0v) is 9.49. The third kappa shape index (κ3) is 2.58. The Morgan fingerprint density at radius 1 is 1.36 bits per heavy atom. The highest BCUT2D eigenvalue weighted by Gasteiger charge is 2.12. The summed E-state index contributed by atoms with van der Waals surface area (Å²) in [5, 5.41) is 0. The van der Waals surface area contributed by atoms with Gasteiger partial charge in [0.1, 0.15) is 12.4 Å². The van der Waals surface area contributed by atoms with Gasteiger partial charge >= 0.3 is 0 Å². The van der Waals surface area contributed by atoms with E-state index in [1.165, 1.54) is 5.82 Å². The molecular weight excluding hydrogens is 176 g/mol. The standard InChI is InChI=1S/C11H21N2O/c1-4-9-14-10-13-8-7-12(6-3)11(13)5-2/h7-8H,4-6,9-10H2,1-3H3/q+1. The lowest BCUT2D eigenvalue weighted by atomic mass is 10.4. The molecule has 3 heteroatoms. The van der Waals surface area contributed by atoms with Gasteiger partial charge in [-0.25, -0.2) is 9.13 Å². The van der Waals surface area contributed by atoms with E-state index in [0.29, 0.717) is 6.73 Å². The van der Waals surface area contributed by atoms with E-state index >= 15 is 0 Å². The average Bonchev–Trinajstić information content (AvgIpc) is 2.60. The summed E-state index contributed by atoms with van der Waals surface area (Å²) in [5.41, 5.74) is 0. The van der Waals surface area contributed by atoms with Crippen molar-refractivity contribution in [1.29, 1.82) is 0 Å². The highest BCUT2D eigenvalue weighted by molar-refractivity contribution is 4.81. The van der Waals surface area contributed by atoms with Crippen molar-refractivity contribution in [2.24, 2.45) is 0 Å². The maximum atomic E-state index is 5.52. The van der Waals surface area contributed by atoms with Crippen molar-refractivity contribution >= 4 is 0 Å². The number of imidazole rings is 1. The molecule has 0 aromatic carbocycles. The van der Waals surface area contributed by atoms with E-state index in [0.717, 1.165) is 26.0 Å². The van der Waals surface area contributed by atoms with E-state index in [-0.39, 0.29) is 0 Å². The predicted molar refractivity (Wildman–Crippen MR) is 55.9 cm³/mol. The summed E-state index contributed by atoms with van der Waals surface area (Å²) in [7, 11) is 0. The van der Waals surface area contributed by atoms with E-state index in [2.05, 4.69) is 42.3 Å². The smallest absolute Gasteiger partial charge is 0.258 e. The zero-order chi connectivity index (χ0) is 10.4. The molecule has 0 radical (unpaired) electrons. The second-order valence-electron chi connectivity index (χ2n) is 3.36. The van der Waals surface area contributed by atoms with Crippen LogP contribution in [0.3, 0.4) is 0 Å². The Hall–Kier alpha value is -0.830. The molecule has 0 N–H and O–H groups in total. The Morgan fingerprint density at radius 2 is 2.14 bits per heavy atom. The average molecular weight is 197 g/mol. The zero-order valence-electron chi connectivity index (χ0n) is 9.49.